The summed E-state index contributed by atoms with van der Waals surface area (Å²) in [4.78, 5) is 8.73. The zero-order valence-electron chi connectivity index (χ0n) is 10.1. The molecule has 1 aliphatic rings. The number of anilines is 1. The molecule has 0 amide bonds. The second-order valence-corrected chi connectivity index (χ2v) is 5.12. The molecule has 1 saturated heterocycles. The summed E-state index contributed by atoms with van der Waals surface area (Å²) in [5.41, 5.74) is 0. The molecule has 0 spiro atoms. The number of hydrogen-bond donors (Lipinski definition) is 1. The van der Waals surface area contributed by atoms with Crippen LogP contribution in [0, 0.1) is 5.92 Å². The third kappa shape index (κ3) is 3.92. The third-order valence-electron chi connectivity index (χ3n) is 2.88. The highest BCUT2D eigenvalue weighted by Gasteiger charge is 2.13. The Morgan fingerprint density at radius 2 is 2.41 bits per heavy atom. The number of rotatable bonds is 4. The average molecular weight is 300 g/mol. The summed E-state index contributed by atoms with van der Waals surface area (Å²) in [6.45, 7) is 4.75. The van der Waals surface area contributed by atoms with Crippen molar-refractivity contribution in [2.45, 2.75) is 26.2 Å². The van der Waals surface area contributed by atoms with E-state index in [9.17, 15) is 0 Å². The Hall–Kier alpha value is -0.680. The van der Waals surface area contributed by atoms with Gasteiger partial charge < -0.3 is 10.1 Å². The molecule has 2 rings (SSSR count). The van der Waals surface area contributed by atoms with E-state index in [0.717, 1.165) is 42.4 Å². The lowest BCUT2D eigenvalue weighted by atomic mass is 10.0. The minimum absolute atomic E-state index is 0.600. The maximum Gasteiger partial charge on any atom is 0.131 e. The minimum atomic E-state index is 0.600. The molecule has 4 nitrogen and oxygen atoms in total. The molecule has 1 aromatic heterocycles. The van der Waals surface area contributed by atoms with Crippen molar-refractivity contribution >= 4 is 21.7 Å². The topological polar surface area (TPSA) is 47.0 Å². The summed E-state index contributed by atoms with van der Waals surface area (Å²) in [7, 11) is 0. The van der Waals surface area contributed by atoms with Gasteiger partial charge in [0.15, 0.2) is 0 Å². The zero-order chi connectivity index (χ0) is 12.1. The first-order chi connectivity index (χ1) is 8.28. The first kappa shape index (κ1) is 12.8. The Bertz CT molecular complexity index is 367. The molecule has 0 saturated carbocycles. The van der Waals surface area contributed by atoms with E-state index in [1.807, 2.05) is 6.07 Å². The third-order valence-corrected chi connectivity index (χ3v) is 3.29. The highest BCUT2D eigenvalue weighted by Crippen LogP contribution is 2.16. The Morgan fingerprint density at radius 3 is 3.12 bits per heavy atom. The highest BCUT2D eigenvalue weighted by atomic mass is 79.9. The molecule has 0 aliphatic carbocycles. The number of ether oxygens (including phenoxy) is 1. The van der Waals surface area contributed by atoms with Gasteiger partial charge in [-0.3, -0.25) is 0 Å². The van der Waals surface area contributed by atoms with Crippen molar-refractivity contribution < 1.29 is 4.74 Å². The molecular formula is C12H18BrN3O. The lowest BCUT2D eigenvalue weighted by Gasteiger charge is -2.22. The lowest BCUT2D eigenvalue weighted by molar-refractivity contribution is 0.0595. The number of aromatic nitrogens is 2. The van der Waals surface area contributed by atoms with E-state index in [2.05, 4.69) is 38.1 Å². The standard InChI is InChI=1S/C12H18BrN3O/c1-2-11-15-10(13)6-12(16-11)14-7-9-4-3-5-17-8-9/h6,9H,2-5,7-8H2,1H3,(H,14,15,16). The van der Waals surface area contributed by atoms with Crippen molar-refractivity contribution in [3.8, 4) is 0 Å². The molecule has 0 bridgehead atoms. The summed E-state index contributed by atoms with van der Waals surface area (Å²) in [5.74, 6) is 2.36. The van der Waals surface area contributed by atoms with Gasteiger partial charge in [0, 0.05) is 25.6 Å². The maximum atomic E-state index is 5.46. The van der Waals surface area contributed by atoms with Crippen LogP contribution in [0.25, 0.3) is 0 Å². The van der Waals surface area contributed by atoms with Crippen LogP contribution in [0.2, 0.25) is 0 Å². The molecule has 17 heavy (non-hydrogen) atoms. The lowest BCUT2D eigenvalue weighted by Crippen LogP contribution is -2.24. The Balaban J connectivity index is 1.91. The van der Waals surface area contributed by atoms with Crippen LogP contribution < -0.4 is 5.32 Å². The summed E-state index contributed by atoms with van der Waals surface area (Å²) in [5, 5.41) is 3.37. The molecule has 1 aliphatic heterocycles. The van der Waals surface area contributed by atoms with E-state index < -0.39 is 0 Å². The predicted octanol–water partition coefficient (Wildman–Crippen LogP) is 2.64. The van der Waals surface area contributed by atoms with Crippen molar-refractivity contribution in [2.75, 3.05) is 25.1 Å². The van der Waals surface area contributed by atoms with Crippen LogP contribution in [0.4, 0.5) is 5.82 Å². The molecule has 1 N–H and O–H groups in total. The molecule has 0 aromatic carbocycles. The molecule has 5 heteroatoms. The fraction of sp³-hybridized carbons (Fsp3) is 0.667. The van der Waals surface area contributed by atoms with E-state index in [-0.39, 0.29) is 0 Å². The van der Waals surface area contributed by atoms with E-state index in [4.69, 9.17) is 4.74 Å². The summed E-state index contributed by atoms with van der Waals surface area (Å²) in [6, 6.07) is 1.92. The fourth-order valence-corrected chi connectivity index (χ4v) is 2.35. The zero-order valence-corrected chi connectivity index (χ0v) is 11.7. The van der Waals surface area contributed by atoms with Crippen molar-refractivity contribution in [3.63, 3.8) is 0 Å². The predicted molar refractivity (Wildman–Crippen MR) is 71.1 cm³/mol. The van der Waals surface area contributed by atoms with E-state index >= 15 is 0 Å². The van der Waals surface area contributed by atoms with Crippen LogP contribution in [0.5, 0.6) is 0 Å². The maximum absolute atomic E-state index is 5.46. The summed E-state index contributed by atoms with van der Waals surface area (Å²) < 4.78 is 6.30. The molecule has 2 heterocycles. The largest absolute Gasteiger partial charge is 0.381 e. The van der Waals surface area contributed by atoms with E-state index in [1.165, 1.54) is 12.8 Å². The Kier molecular flexibility index (Phi) is 4.74. The van der Waals surface area contributed by atoms with Crippen LogP contribution in [-0.4, -0.2) is 29.7 Å². The number of nitrogens with zero attached hydrogens (tertiary/aromatic N) is 2. The normalized spacial score (nSPS) is 20.2. The van der Waals surface area contributed by atoms with Gasteiger partial charge in [0.05, 0.1) is 6.61 Å². The van der Waals surface area contributed by atoms with Gasteiger partial charge in [-0.1, -0.05) is 6.92 Å². The first-order valence-electron chi connectivity index (χ1n) is 6.13. The molecule has 1 aromatic rings. The molecular weight excluding hydrogens is 282 g/mol. The number of halogens is 1. The monoisotopic (exact) mass is 299 g/mol. The van der Waals surface area contributed by atoms with Crippen molar-refractivity contribution in [3.05, 3.63) is 16.5 Å². The molecule has 1 fully saturated rings. The highest BCUT2D eigenvalue weighted by molar-refractivity contribution is 9.10. The molecule has 0 radical (unpaired) electrons. The average Bonchev–Trinajstić information content (AvgIpc) is 2.37. The van der Waals surface area contributed by atoms with Crippen LogP contribution in [0.1, 0.15) is 25.6 Å². The van der Waals surface area contributed by atoms with Crippen LogP contribution in [0.3, 0.4) is 0 Å². The van der Waals surface area contributed by atoms with Gasteiger partial charge in [0.2, 0.25) is 0 Å². The smallest absolute Gasteiger partial charge is 0.131 e. The quantitative estimate of drug-likeness (QED) is 0.868. The molecule has 94 valence electrons. The SMILES string of the molecule is CCc1nc(Br)cc(NCC2CCCOC2)n1. The number of hydrogen-bond acceptors (Lipinski definition) is 4. The van der Waals surface area contributed by atoms with Crippen molar-refractivity contribution in [1.82, 2.24) is 9.97 Å². The fourth-order valence-electron chi connectivity index (χ4n) is 1.93. The minimum Gasteiger partial charge on any atom is -0.381 e. The van der Waals surface area contributed by atoms with E-state index in [1.54, 1.807) is 0 Å². The second kappa shape index (κ2) is 6.31. The molecule has 1 atom stereocenters. The van der Waals surface area contributed by atoms with Gasteiger partial charge in [-0.05, 0) is 34.7 Å². The number of aryl methyl sites for hydroxylation is 1. The van der Waals surface area contributed by atoms with Gasteiger partial charge in [-0.15, -0.1) is 0 Å². The first-order valence-corrected chi connectivity index (χ1v) is 6.92. The molecule has 1 unspecified atom stereocenters. The van der Waals surface area contributed by atoms with Crippen LogP contribution in [0.15, 0.2) is 10.7 Å². The second-order valence-electron chi connectivity index (χ2n) is 4.31. The van der Waals surface area contributed by atoms with E-state index in [0.29, 0.717) is 5.92 Å². The van der Waals surface area contributed by atoms with Crippen molar-refractivity contribution in [2.24, 2.45) is 5.92 Å². The van der Waals surface area contributed by atoms with Gasteiger partial charge in [0.25, 0.3) is 0 Å². The van der Waals surface area contributed by atoms with Gasteiger partial charge >= 0.3 is 0 Å². The summed E-state index contributed by atoms with van der Waals surface area (Å²) in [6.07, 6.45) is 3.25. The summed E-state index contributed by atoms with van der Waals surface area (Å²) >= 11 is 3.40. The Morgan fingerprint density at radius 1 is 1.53 bits per heavy atom. The van der Waals surface area contributed by atoms with Gasteiger partial charge in [-0.2, -0.15) is 0 Å². The Labute approximate surface area is 110 Å². The van der Waals surface area contributed by atoms with Gasteiger partial charge in [-0.25, -0.2) is 9.97 Å². The van der Waals surface area contributed by atoms with Crippen LogP contribution >= 0.6 is 15.9 Å². The van der Waals surface area contributed by atoms with Crippen molar-refractivity contribution in [1.29, 1.82) is 0 Å². The van der Waals surface area contributed by atoms with Gasteiger partial charge in [0.1, 0.15) is 16.2 Å². The van der Waals surface area contributed by atoms with Crippen LogP contribution in [-0.2, 0) is 11.2 Å². The number of nitrogens with one attached hydrogen (secondary N) is 1.